The van der Waals surface area contributed by atoms with Crippen molar-refractivity contribution in [1.82, 2.24) is 29.9 Å². The Kier molecular flexibility index (Phi) is 20.6. The Labute approximate surface area is 770 Å². The largest absolute Gasteiger partial charge is 0.265 e. The maximum atomic E-state index is 4.56. The molecule has 6 nitrogen and oxygen atoms in total. The minimum atomic E-state index is 0.0749. The fourth-order valence-electron chi connectivity index (χ4n) is 19.7. The standard InChI is InChI=1S/3C42H32N2/c1-42(2,3)33-24-31-18-20-34-36(27-10-14-29(15-11-27)38-8-4-6-22-43-38)26-37(35-21-19-32(25-33)40(31)41(34)35)28-12-16-30(17-13-28)39-9-5-7-23-44-39;1-42(2,3)34-23-31-17-19-35-37(28-11-9-27(10-12-28)33-7-6-21-43-26-33)25-38(36-20-18-32(24-34)40(31)41(35)36)29-13-15-30(16-14-29)39-8-4-5-22-44-39;1-42(2,3)34-24-32-15-17-35-37(29-9-7-27(8-10-29)28-19-22-43-23-20-28)26-38(36-18-16-33(25-34)40(32)41(35)36)30-11-13-31(14-12-30)39-6-4-5-21-44-39/h3*4-26H,1-3H3. The molecular weight excluding hydrogens is 1600 g/mol. The lowest BCUT2D eigenvalue weighted by Crippen LogP contribution is -2.10. The van der Waals surface area contributed by atoms with Gasteiger partial charge >= 0.3 is 0 Å². The Hall–Kier alpha value is -16.0. The van der Waals surface area contributed by atoms with Crippen LogP contribution in [0.15, 0.2) is 420 Å². The zero-order chi connectivity index (χ0) is 89.5. The summed E-state index contributed by atoms with van der Waals surface area (Å²) in [6, 6.07) is 135. The van der Waals surface area contributed by atoms with Crippen molar-refractivity contribution in [1.29, 1.82) is 0 Å². The van der Waals surface area contributed by atoms with Crippen LogP contribution in [-0.4, -0.2) is 29.9 Å². The molecule has 0 amide bonds. The van der Waals surface area contributed by atoms with Crippen LogP contribution in [-0.2, 0) is 16.2 Å². The fourth-order valence-corrected chi connectivity index (χ4v) is 19.7. The van der Waals surface area contributed by atoms with Crippen LogP contribution < -0.4 is 0 Å². The molecule has 132 heavy (non-hydrogen) atoms. The van der Waals surface area contributed by atoms with Gasteiger partial charge in [0.15, 0.2) is 0 Å². The minimum absolute atomic E-state index is 0.0749. The highest BCUT2D eigenvalue weighted by atomic mass is 14.7. The summed E-state index contributed by atoms with van der Waals surface area (Å²) in [6.07, 6.45) is 14.8. The van der Waals surface area contributed by atoms with E-state index in [-0.39, 0.29) is 16.2 Å². The van der Waals surface area contributed by atoms with Gasteiger partial charge in [0.05, 0.1) is 22.8 Å². The van der Waals surface area contributed by atoms with E-state index >= 15 is 0 Å². The average Bonchev–Trinajstić information content (AvgIpc) is 0.724. The number of aromatic nitrogens is 6. The second-order valence-electron chi connectivity index (χ2n) is 38.2. The van der Waals surface area contributed by atoms with E-state index in [1.807, 2.05) is 104 Å². The molecule has 24 aromatic rings. The lowest BCUT2D eigenvalue weighted by Gasteiger charge is -2.23. The third-order valence-corrected chi connectivity index (χ3v) is 26.8. The van der Waals surface area contributed by atoms with Crippen LogP contribution >= 0.6 is 0 Å². The average molecular weight is 1690 g/mol. The van der Waals surface area contributed by atoms with Crippen molar-refractivity contribution in [2.45, 2.75) is 78.6 Å². The predicted molar refractivity (Wildman–Crippen MR) is 559 cm³/mol. The molecule has 0 radical (unpaired) electrons. The molecule has 0 saturated carbocycles. The molecule has 0 bridgehead atoms. The van der Waals surface area contributed by atoms with Gasteiger partial charge in [-0.3, -0.25) is 29.9 Å². The second-order valence-corrected chi connectivity index (χ2v) is 38.2. The monoisotopic (exact) mass is 1690 g/mol. The molecule has 6 heterocycles. The van der Waals surface area contributed by atoms with Crippen LogP contribution in [0.1, 0.15) is 79.0 Å². The first-order valence-corrected chi connectivity index (χ1v) is 45.7. The number of hydrogen-bond acceptors (Lipinski definition) is 6. The van der Waals surface area contributed by atoms with Gasteiger partial charge in [-0.1, -0.05) is 347 Å². The van der Waals surface area contributed by atoms with E-state index in [2.05, 4.69) is 408 Å². The summed E-state index contributed by atoms with van der Waals surface area (Å²) in [5, 5.41) is 23.5. The van der Waals surface area contributed by atoms with Gasteiger partial charge in [0.25, 0.3) is 0 Å². The van der Waals surface area contributed by atoms with Crippen molar-refractivity contribution in [2.24, 2.45) is 0 Å². The van der Waals surface area contributed by atoms with Crippen LogP contribution in [0.3, 0.4) is 0 Å². The summed E-state index contributed by atoms with van der Waals surface area (Å²) < 4.78 is 0. The predicted octanol–water partition coefficient (Wildman–Crippen LogP) is 34.0. The molecular formula is C126H96N6. The second kappa shape index (κ2) is 33.2. The van der Waals surface area contributed by atoms with Crippen molar-refractivity contribution in [2.75, 3.05) is 0 Å². The first-order valence-electron chi connectivity index (χ1n) is 45.7. The SMILES string of the molecule is CC(C)(C)c1cc2ccc3c(-c4ccc(-c5ccccn5)cc4)cc(-c4ccc(-c5ccccn5)cc4)c4ccc(c1)c2c34.CC(C)(C)c1cc2ccc3c(-c4ccc(-c5cccnc5)cc4)cc(-c4ccc(-c5ccccn5)cc4)c4ccc(c1)c2c34.CC(C)(C)c1cc2ccc3c(-c4ccc(-c5ccncc5)cc4)cc(-c4ccc(-c5ccccn5)cc4)c4ccc(c1)c2c34. The molecule has 0 unspecified atom stereocenters. The van der Waals surface area contributed by atoms with Crippen LogP contribution in [0.2, 0.25) is 0 Å². The zero-order valence-corrected chi connectivity index (χ0v) is 75.5. The summed E-state index contributed by atoms with van der Waals surface area (Å²) in [5.74, 6) is 0. The highest BCUT2D eigenvalue weighted by Crippen LogP contribution is 2.51. The number of hydrogen-bond donors (Lipinski definition) is 0. The van der Waals surface area contributed by atoms with Crippen molar-refractivity contribution in [3.05, 3.63) is 436 Å². The molecule has 0 atom stereocenters. The Balaban J connectivity index is 0.000000116. The van der Waals surface area contributed by atoms with Crippen molar-refractivity contribution in [3.63, 3.8) is 0 Å². The lowest BCUT2D eigenvalue weighted by atomic mass is 9.81. The number of rotatable bonds is 12. The number of benzene rings is 18. The highest BCUT2D eigenvalue weighted by molar-refractivity contribution is 6.31. The normalized spacial score (nSPS) is 12.0. The maximum absolute atomic E-state index is 4.56. The third-order valence-electron chi connectivity index (χ3n) is 26.8. The van der Waals surface area contributed by atoms with E-state index in [4.69, 9.17) is 0 Å². The Morgan fingerprint density at radius 1 is 0.159 bits per heavy atom. The van der Waals surface area contributed by atoms with Gasteiger partial charge in [0.2, 0.25) is 0 Å². The molecule has 0 aliphatic heterocycles. The Morgan fingerprint density at radius 2 is 0.386 bits per heavy atom. The zero-order valence-electron chi connectivity index (χ0n) is 75.5. The molecule has 6 heteroatoms. The molecule has 630 valence electrons. The summed E-state index contributed by atoms with van der Waals surface area (Å²) >= 11 is 0. The van der Waals surface area contributed by atoms with Gasteiger partial charge in [-0.05, 0) is 304 Å². The van der Waals surface area contributed by atoms with E-state index in [9.17, 15) is 0 Å². The molecule has 0 aliphatic rings. The summed E-state index contributed by atoms with van der Waals surface area (Å²) in [6.45, 7) is 20.6. The first kappa shape index (κ1) is 81.7. The summed E-state index contributed by atoms with van der Waals surface area (Å²) in [7, 11) is 0. The summed E-state index contributed by atoms with van der Waals surface area (Å²) in [5.41, 5.74) is 32.0. The Bertz CT molecular complexity index is 7120. The quantitative estimate of drug-likeness (QED) is 0.113. The third kappa shape index (κ3) is 15.3. The highest BCUT2D eigenvalue weighted by Gasteiger charge is 2.26. The van der Waals surface area contributed by atoms with Gasteiger partial charge in [-0.15, -0.1) is 0 Å². The lowest BCUT2D eigenvalue weighted by molar-refractivity contribution is 0.591. The van der Waals surface area contributed by atoms with E-state index < -0.39 is 0 Å². The molecule has 0 spiro atoms. The van der Waals surface area contributed by atoms with Crippen molar-refractivity contribution >= 4 is 97.0 Å². The maximum Gasteiger partial charge on any atom is 0.0701 e. The van der Waals surface area contributed by atoms with Crippen LogP contribution in [0.5, 0.6) is 0 Å². The van der Waals surface area contributed by atoms with Crippen molar-refractivity contribution < 1.29 is 0 Å². The molecule has 0 N–H and O–H groups in total. The molecule has 6 aromatic heterocycles. The molecule has 24 rings (SSSR count). The van der Waals surface area contributed by atoms with Gasteiger partial charge in [0, 0.05) is 71.8 Å². The van der Waals surface area contributed by atoms with Gasteiger partial charge in [0.1, 0.15) is 0 Å². The van der Waals surface area contributed by atoms with E-state index in [0.29, 0.717) is 0 Å². The fraction of sp³-hybridized carbons (Fsp3) is 0.0952. The topological polar surface area (TPSA) is 77.3 Å². The van der Waals surface area contributed by atoms with Gasteiger partial charge in [-0.25, -0.2) is 0 Å². The number of pyridine rings is 6. The molecule has 0 saturated heterocycles. The van der Waals surface area contributed by atoms with Crippen LogP contribution in [0.4, 0.5) is 0 Å². The number of nitrogens with zero attached hydrogens (tertiary/aromatic N) is 6. The smallest absolute Gasteiger partial charge is 0.0701 e. The van der Waals surface area contributed by atoms with E-state index in [1.54, 1.807) is 0 Å². The van der Waals surface area contributed by atoms with Crippen LogP contribution in [0, 0.1) is 0 Å². The van der Waals surface area contributed by atoms with E-state index in [0.717, 1.165) is 50.6 Å². The molecule has 18 aromatic carbocycles. The molecule has 0 aliphatic carbocycles. The van der Waals surface area contributed by atoms with Crippen molar-refractivity contribution in [3.8, 4) is 134 Å². The van der Waals surface area contributed by atoms with Gasteiger partial charge in [-0.2, -0.15) is 0 Å². The minimum Gasteiger partial charge on any atom is -0.265 e. The van der Waals surface area contributed by atoms with Gasteiger partial charge < -0.3 is 0 Å². The Morgan fingerprint density at radius 3 is 0.606 bits per heavy atom. The summed E-state index contributed by atoms with van der Waals surface area (Å²) in [4.78, 5) is 26.7. The first-order chi connectivity index (χ1) is 64.3. The van der Waals surface area contributed by atoms with E-state index in [1.165, 1.54) is 197 Å². The molecule has 0 fully saturated rings. The van der Waals surface area contributed by atoms with Crippen LogP contribution in [0.25, 0.3) is 231 Å².